The Morgan fingerprint density at radius 2 is 1.00 bits per heavy atom. The number of carbonyl (C=O) groups is 1. The zero-order valence-electron chi connectivity index (χ0n) is 19.6. The Bertz CT molecular complexity index is 380. The molecule has 4 heteroatoms. The Hall–Kier alpha value is 0.157. The summed E-state index contributed by atoms with van der Waals surface area (Å²) < 4.78 is 4.98. The quantitative estimate of drug-likeness (QED) is 0.0344. The third-order valence-electron chi connectivity index (χ3n) is 5.58. The third-order valence-corrected chi connectivity index (χ3v) is 8.74. The first kappa shape index (κ1) is 29.2. The molecule has 0 N–H and O–H groups in total. The Labute approximate surface area is 196 Å². The van der Waals surface area contributed by atoms with Gasteiger partial charge in [0, 0.05) is 6.08 Å². The van der Waals surface area contributed by atoms with Crippen LogP contribution in [0.3, 0.4) is 0 Å². The number of halogens is 1. The molecule has 0 bridgehead atoms. The summed E-state index contributed by atoms with van der Waals surface area (Å²) in [6.45, 7) is 8.89. The first-order valence-electron chi connectivity index (χ1n) is 12.4. The Balaban J connectivity index is 3.07. The molecule has 2 nitrogen and oxygen atoms in total. The van der Waals surface area contributed by atoms with E-state index in [0.717, 1.165) is 6.42 Å². The highest BCUT2D eigenvalue weighted by Crippen LogP contribution is 2.22. The Kier molecular flexibility index (Phi) is 21.5. The fraction of sp³-hybridized carbons (Fsp3) is 0.880. The summed E-state index contributed by atoms with van der Waals surface area (Å²) >= 11 is 2.71. The van der Waals surface area contributed by atoms with Gasteiger partial charge in [-0.1, -0.05) is 129 Å². The molecular weight excluding hydrogens is 487 g/mol. The lowest BCUT2D eigenvalue weighted by Gasteiger charge is -2.12. The summed E-state index contributed by atoms with van der Waals surface area (Å²) in [5.41, 5.74) is -0.821. The molecule has 0 aromatic carbocycles. The van der Waals surface area contributed by atoms with Crippen LogP contribution in [0.2, 0.25) is 19.1 Å². The van der Waals surface area contributed by atoms with Crippen LogP contribution in [-0.4, -0.2) is 18.1 Å². The zero-order chi connectivity index (χ0) is 21.6. The van der Waals surface area contributed by atoms with Crippen LogP contribution >= 0.6 is 21.8 Å². The summed E-state index contributed by atoms with van der Waals surface area (Å²) in [6, 6.07) is 1.50. The fourth-order valence-electron chi connectivity index (χ4n) is 3.71. The van der Waals surface area contributed by atoms with Gasteiger partial charge in [-0.15, -0.1) is 21.8 Å². The van der Waals surface area contributed by atoms with E-state index in [1.165, 1.54) is 121 Å². The number of unbranched alkanes of at least 4 members (excludes halogenated alkanes) is 17. The second-order valence-electron chi connectivity index (χ2n) is 9.20. The van der Waals surface area contributed by atoms with E-state index < -0.39 is 5.57 Å². The topological polar surface area (TPSA) is 26.3 Å². The first-order valence-corrected chi connectivity index (χ1v) is 18.8. The highest BCUT2D eigenvalue weighted by Gasteiger charge is 2.14. The number of carbonyl (C=O) groups excluding carboxylic acids is 1. The molecule has 0 saturated carbocycles. The van der Waals surface area contributed by atoms with Crippen molar-refractivity contribution in [2.24, 2.45) is 0 Å². The van der Waals surface area contributed by atoms with Gasteiger partial charge < -0.3 is 4.74 Å². The van der Waals surface area contributed by atoms with Crippen LogP contribution in [0.1, 0.15) is 116 Å². The molecule has 0 atom stereocenters. The molecule has 29 heavy (non-hydrogen) atoms. The predicted octanol–water partition coefficient (Wildman–Crippen LogP) is 9.38. The van der Waals surface area contributed by atoms with E-state index in [1.54, 1.807) is 0 Å². The molecule has 172 valence electrons. The Morgan fingerprint density at radius 1 is 0.690 bits per heavy atom. The van der Waals surface area contributed by atoms with Crippen LogP contribution in [0.15, 0.2) is 12.7 Å². The number of esters is 1. The fourth-order valence-corrected chi connectivity index (χ4v) is 5.94. The molecule has 0 aliphatic heterocycles. The van der Waals surface area contributed by atoms with Gasteiger partial charge in [-0.3, -0.25) is 0 Å². The molecule has 0 saturated heterocycles. The van der Waals surface area contributed by atoms with Crippen LogP contribution in [0.25, 0.3) is 0 Å². The molecule has 0 aliphatic rings. The maximum Gasteiger partial charge on any atom is 0.330 e. The van der Waals surface area contributed by atoms with Crippen LogP contribution in [0.5, 0.6) is 0 Å². The zero-order valence-corrected chi connectivity index (χ0v) is 22.8. The normalized spacial score (nSPS) is 11.6. The minimum atomic E-state index is -0.821. The minimum Gasteiger partial charge on any atom is -0.463 e. The van der Waals surface area contributed by atoms with Gasteiger partial charge in [0.1, 0.15) is 5.57 Å². The van der Waals surface area contributed by atoms with Crippen molar-refractivity contribution in [1.82, 2.24) is 0 Å². The van der Waals surface area contributed by atoms with Crippen molar-refractivity contribution in [2.75, 3.05) is 6.61 Å². The monoisotopic (exact) mass is 536 g/mol. The van der Waals surface area contributed by atoms with Crippen molar-refractivity contribution in [1.29, 1.82) is 0 Å². The molecule has 0 spiro atoms. The standard InChI is InChI=1S/C25H49IO2Si/c1-4-25(27)28-23-21-19-17-15-13-11-9-7-5-6-8-10-12-14-16-18-20-22-24-29(2,3)26/h4H,1,5-24H2,2-3H3. The van der Waals surface area contributed by atoms with Gasteiger partial charge in [0.25, 0.3) is 0 Å². The summed E-state index contributed by atoms with van der Waals surface area (Å²) in [5, 5.41) is 0. The summed E-state index contributed by atoms with van der Waals surface area (Å²) in [7, 11) is 0. The molecule has 0 heterocycles. The molecular formula is C25H49IO2Si. The highest BCUT2D eigenvalue weighted by molar-refractivity contribution is 14.1. The maximum absolute atomic E-state index is 10.9. The van der Waals surface area contributed by atoms with Crippen molar-refractivity contribution in [3.05, 3.63) is 12.7 Å². The number of hydrogen-bond donors (Lipinski definition) is 0. The smallest absolute Gasteiger partial charge is 0.330 e. The van der Waals surface area contributed by atoms with Gasteiger partial charge >= 0.3 is 5.97 Å². The SMILES string of the molecule is C=CC(=O)OCCCCCCCCCCCCCCCCCCCC[Si](C)(C)I. The van der Waals surface area contributed by atoms with Crippen molar-refractivity contribution in [3.63, 3.8) is 0 Å². The van der Waals surface area contributed by atoms with Gasteiger partial charge in [-0.2, -0.15) is 0 Å². The molecule has 0 amide bonds. The molecule has 0 aromatic heterocycles. The Morgan fingerprint density at radius 3 is 1.31 bits per heavy atom. The third kappa shape index (κ3) is 26.1. The lowest BCUT2D eigenvalue weighted by molar-refractivity contribution is -0.137. The van der Waals surface area contributed by atoms with Crippen molar-refractivity contribution >= 4 is 33.3 Å². The second kappa shape index (κ2) is 21.4. The summed E-state index contributed by atoms with van der Waals surface area (Å²) in [6.07, 6.45) is 26.1. The summed E-state index contributed by atoms with van der Waals surface area (Å²) in [4.78, 5) is 10.9. The van der Waals surface area contributed by atoms with Gasteiger partial charge in [0.2, 0.25) is 0 Å². The second-order valence-corrected chi connectivity index (χ2v) is 21.9. The van der Waals surface area contributed by atoms with Gasteiger partial charge in [0.05, 0.1) is 6.61 Å². The van der Waals surface area contributed by atoms with Gasteiger partial charge in [-0.25, -0.2) is 4.79 Å². The van der Waals surface area contributed by atoms with Crippen molar-refractivity contribution in [2.45, 2.75) is 135 Å². The molecule has 0 rings (SSSR count). The highest BCUT2D eigenvalue weighted by atomic mass is 127. The number of rotatable bonds is 22. The van der Waals surface area contributed by atoms with E-state index in [2.05, 4.69) is 41.5 Å². The van der Waals surface area contributed by atoms with Crippen LogP contribution in [0, 0.1) is 0 Å². The maximum atomic E-state index is 10.9. The van der Waals surface area contributed by atoms with Crippen LogP contribution in [-0.2, 0) is 9.53 Å². The molecule has 0 aromatic rings. The number of hydrogen-bond acceptors (Lipinski definition) is 2. The molecule has 0 fully saturated rings. The van der Waals surface area contributed by atoms with E-state index in [0.29, 0.717) is 6.61 Å². The van der Waals surface area contributed by atoms with E-state index >= 15 is 0 Å². The summed E-state index contributed by atoms with van der Waals surface area (Å²) in [5.74, 6) is -0.298. The predicted molar refractivity (Wildman–Crippen MR) is 141 cm³/mol. The van der Waals surface area contributed by atoms with Crippen LogP contribution < -0.4 is 0 Å². The molecule has 0 unspecified atom stereocenters. The average molecular weight is 537 g/mol. The molecule has 0 aliphatic carbocycles. The number of ether oxygens (including phenoxy) is 1. The van der Waals surface area contributed by atoms with Gasteiger partial charge in [0.15, 0.2) is 0 Å². The lowest BCUT2D eigenvalue weighted by Crippen LogP contribution is -2.13. The van der Waals surface area contributed by atoms with E-state index in [4.69, 9.17) is 4.74 Å². The van der Waals surface area contributed by atoms with Gasteiger partial charge in [-0.05, 0) is 12.5 Å². The van der Waals surface area contributed by atoms with Crippen molar-refractivity contribution < 1.29 is 9.53 Å². The van der Waals surface area contributed by atoms with E-state index in [-0.39, 0.29) is 5.97 Å². The van der Waals surface area contributed by atoms with E-state index in [9.17, 15) is 4.79 Å². The minimum absolute atomic E-state index is 0.298. The average Bonchev–Trinajstić information content (AvgIpc) is 2.68. The largest absolute Gasteiger partial charge is 0.463 e. The van der Waals surface area contributed by atoms with Crippen molar-refractivity contribution in [3.8, 4) is 0 Å². The first-order chi connectivity index (χ1) is 14.0. The molecule has 0 radical (unpaired) electrons. The lowest BCUT2D eigenvalue weighted by atomic mass is 10.0. The van der Waals surface area contributed by atoms with Crippen LogP contribution in [0.4, 0.5) is 0 Å². The van der Waals surface area contributed by atoms with E-state index in [1.807, 2.05) is 0 Å².